The Hall–Kier alpha value is -1.42. The Morgan fingerprint density at radius 3 is 2.56 bits per heavy atom. The van der Waals surface area contributed by atoms with Gasteiger partial charge in [-0.25, -0.2) is 0 Å². The summed E-state index contributed by atoms with van der Waals surface area (Å²) in [5, 5.41) is 15.8. The van der Waals surface area contributed by atoms with E-state index in [0.29, 0.717) is 0 Å². The quantitative estimate of drug-likeness (QED) is 0.686. The Balaban J connectivity index is 4.19. The Morgan fingerprint density at radius 2 is 2.12 bits per heavy atom. The van der Waals surface area contributed by atoms with Crippen LogP contribution in [0.3, 0.4) is 0 Å². The zero-order chi connectivity index (χ0) is 12.7. The zero-order valence-corrected chi connectivity index (χ0v) is 9.99. The first-order valence-electron chi connectivity index (χ1n) is 4.61. The van der Waals surface area contributed by atoms with Crippen LogP contribution in [-0.2, 0) is 20.4 Å². The van der Waals surface area contributed by atoms with Crippen molar-refractivity contribution in [2.45, 2.75) is 18.6 Å². The molecule has 2 unspecified atom stereocenters. The van der Waals surface area contributed by atoms with E-state index >= 15 is 0 Å². The zero-order valence-electron chi connectivity index (χ0n) is 9.17. The average Bonchev–Trinajstić information content (AvgIpc) is 2.24. The number of carboxylic acids is 1. The first-order valence-corrected chi connectivity index (χ1v) is 5.99. The molecule has 0 aromatic rings. The van der Waals surface area contributed by atoms with E-state index in [-0.39, 0.29) is 18.7 Å². The van der Waals surface area contributed by atoms with E-state index < -0.39 is 27.9 Å². The van der Waals surface area contributed by atoms with Crippen LogP contribution in [-0.4, -0.2) is 50.7 Å². The predicted octanol–water partition coefficient (Wildman–Crippen LogP) is -0.420. The number of amides is 1. The summed E-state index contributed by atoms with van der Waals surface area (Å²) >= 11 is 0. The maximum absolute atomic E-state index is 11.4. The Kier molecular flexibility index (Phi) is 6.34. The summed E-state index contributed by atoms with van der Waals surface area (Å²) in [6, 6.07) is 1.88. The Bertz CT molecular complexity index is 337. The SMILES string of the molecule is CC(C(=O)O)S(=O)CC(=O)N(C)CCC#N. The smallest absolute Gasteiger partial charge is 0.318 e. The molecule has 6 nitrogen and oxygen atoms in total. The van der Waals surface area contributed by atoms with Crippen molar-refractivity contribution >= 4 is 22.7 Å². The van der Waals surface area contributed by atoms with Crippen molar-refractivity contribution in [3.8, 4) is 6.07 Å². The maximum Gasteiger partial charge on any atom is 0.318 e. The number of carboxylic acid groups (broad SMARTS) is 1. The summed E-state index contributed by atoms with van der Waals surface area (Å²) in [7, 11) is -0.236. The van der Waals surface area contributed by atoms with E-state index in [1.165, 1.54) is 18.9 Å². The van der Waals surface area contributed by atoms with Crippen LogP contribution in [0.4, 0.5) is 0 Å². The minimum absolute atomic E-state index is 0.198. The standard InChI is InChI=1S/C9H14N2O4S/c1-7(9(13)14)16(15)6-8(12)11(2)5-3-4-10/h7H,3,5-6H2,1-2H3,(H,13,14). The number of hydrogen-bond acceptors (Lipinski definition) is 4. The van der Waals surface area contributed by atoms with Gasteiger partial charge in [-0.3, -0.25) is 13.8 Å². The van der Waals surface area contributed by atoms with Crippen LogP contribution < -0.4 is 0 Å². The first kappa shape index (κ1) is 14.6. The molecule has 0 bridgehead atoms. The lowest BCUT2D eigenvalue weighted by Crippen LogP contribution is -2.35. The van der Waals surface area contributed by atoms with Gasteiger partial charge in [-0.05, 0) is 6.92 Å². The second-order valence-corrected chi connectivity index (χ2v) is 4.99. The number of aliphatic carboxylic acids is 1. The molecule has 0 aromatic heterocycles. The largest absolute Gasteiger partial charge is 0.480 e. The highest BCUT2D eigenvalue weighted by Crippen LogP contribution is 1.99. The predicted molar refractivity (Wildman–Crippen MR) is 58.0 cm³/mol. The summed E-state index contributed by atoms with van der Waals surface area (Å²) in [6.07, 6.45) is 0.198. The molecule has 0 heterocycles. The topological polar surface area (TPSA) is 98.5 Å². The molecule has 0 aliphatic carbocycles. The van der Waals surface area contributed by atoms with E-state index in [4.69, 9.17) is 10.4 Å². The van der Waals surface area contributed by atoms with Crippen molar-refractivity contribution in [3.05, 3.63) is 0 Å². The average molecular weight is 246 g/mol. The molecule has 0 fully saturated rings. The number of hydrogen-bond donors (Lipinski definition) is 1. The molecule has 0 aliphatic rings. The molecule has 2 atom stereocenters. The molecule has 0 saturated carbocycles. The molecule has 0 aliphatic heterocycles. The minimum Gasteiger partial charge on any atom is -0.480 e. The summed E-state index contributed by atoms with van der Waals surface area (Å²) < 4.78 is 11.4. The van der Waals surface area contributed by atoms with Gasteiger partial charge in [-0.15, -0.1) is 0 Å². The molecular weight excluding hydrogens is 232 g/mol. The van der Waals surface area contributed by atoms with E-state index in [1.54, 1.807) is 0 Å². The molecule has 16 heavy (non-hydrogen) atoms. The van der Waals surface area contributed by atoms with Gasteiger partial charge in [0.25, 0.3) is 0 Å². The van der Waals surface area contributed by atoms with Crippen molar-refractivity contribution in [2.24, 2.45) is 0 Å². The van der Waals surface area contributed by atoms with Crippen molar-refractivity contribution in [2.75, 3.05) is 19.3 Å². The van der Waals surface area contributed by atoms with E-state index in [0.717, 1.165) is 0 Å². The summed E-state index contributed by atoms with van der Waals surface area (Å²) in [5.41, 5.74) is 0. The van der Waals surface area contributed by atoms with Crippen LogP contribution in [0.25, 0.3) is 0 Å². The fourth-order valence-corrected chi connectivity index (χ4v) is 1.75. The van der Waals surface area contributed by atoms with Gasteiger partial charge in [0.05, 0.1) is 12.5 Å². The lowest BCUT2D eigenvalue weighted by Gasteiger charge is -2.15. The van der Waals surface area contributed by atoms with E-state index in [2.05, 4.69) is 0 Å². The molecule has 1 N–H and O–H groups in total. The first-order chi connectivity index (χ1) is 7.40. The highest BCUT2D eigenvalue weighted by Gasteiger charge is 2.22. The highest BCUT2D eigenvalue weighted by molar-refractivity contribution is 7.87. The fraction of sp³-hybridized carbons (Fsp3) is 0.667. The van der Waals surface area contributed by atoms with Gasteiger partial charge >= 0.3 is 5.97 Å². The lowest BCUT2D eigenvalue weighted by molar-refractivity contribution is -0.136. The second kappa shape index (κ2) is 6.95. The monoisotopic (exact) mass is 246 g/mol. The van der Waals surface area contributed by atoms with Gasteiger partial charge < -0.3 is 10.0 Å². The molecule has 1 amide bonds. The maximum atomic E-state index is 11.4. The molecule has 0 aromatic carbocycles. The van der Waals surface area contributed by atoms with Gasteiger partial charge in [0, 0.05) is 24.4 Å². The highest BCUT2D eigenvalue weighted by atomic mass is 32.2. The molecule has 0 saturated heterocycles. The van der Waals surface area contributed by atoms with Crippen LogP contribution in [0.15, 0.2) is 0 Å². The summed E-state index contributed by atoms with van der Waals surface area (Å²) in [4.78, 5) is 23.2. The third kappa shape index (κ3) is 4.89. The Labute approximate surface area is 96.3 Å². The minimum atomic E-state index is -1.72. The molecule has 0 radical (unpaired) electrons. The van der Waals surface area contributed by atoms with E-state index in [9.17, 15) is 13.8 Å². The van der Waals surface area contributed by atoms with Gasteiger partial charge in [0.2, 0.25) is 5.91 Å². The van der Waals surface area contributed by atoms with Crippen molar-refractivity contribution in [3.63, 3.8) is 0 Å². The van der Waals surface area contributed by atoms with Crippen LogP contribution in [0.2, 0.25) is 0 Å². The fourth-order valence-electron chi connectivity index (χ4n) is 0.812. The summed E-state index contributed by atoms with van der Waals surface area (Å²) in [6.45, 7) is 1.55. The number of nitrogens with zero attached hydrogens (tertiary/aromatic N) is 2. The van der Waals surface area contributed by atoms with Gasteiger partial charge in [-0.1, -0.05) is 0 Å². The number of nitriles is 1. The van der Waals surface area contributed by atoms with E-state index in [1.807, 2.05) is 6.07 Å². The van der Waals surface area contributed by atoms with Crippen LogP contribution in [0, 0.1) is 11.3 Å². The molecular formula is C9H14N2O4S. The summed E-state index contributed by atoms with van der Waals surface area (Å²) in [5.74, 6) is -1.93. The van der Waals surface area contributed by atoms with Crippen LogP contribution in [0.5, 0.6) is 0 Å². The van der Waals surface area contributed by atoms with Crippen LogP contribution >= 0.6 is 0 Å². The van der Waals surface area contributed by atoms with Crippen LogP contribution in [0.1, 0.15) is 13.3 Å². The molecule has 0 rings (SSSR count). The third-order valence-corrected chi connectivity index (χ3v) is 3.51. The molecule has 90 valence electrons. The Morgan fingerprint density at radius 1 is 1.56 bits per heavy atom. The third-order valence-electron chi connectivity index (χ3n) is 1.99. The normalized spacial score (nSPS) is 13.6. The van der Waals surface area contributed by atoms with Gasteiger partial charge in [0.1, 0.15) is 11.0 Å². The number of rotatable bonds is 6. The van der Waals surface area contributed by atoms with Crippen molar-refractivity contribution in [1.29, 1.82) is 5.26 Å². The van der Waals surface area contributed by atoms with Gasteiger partial charge in [-0.2, -0.15) is 5.26 Å². The van der Waals surface area contributed by atoms with Crippen molar-refractivity contribution in [1.82, 2.24) is 4.90 Å². The van der Waals surface area contributed by atoms with Crippen molar-refractivity contribution < 1.29 is 18.9 Å². The molecule has 0 spiro atoms. The number of carbonyl (C=O) groups excluding carboxylic acids is 1. The second-order valence-electron chi connectivity index (χ2n) is 3.23. The number of carbonyl (C=O) groups is 2. The van der Waals surface area contributed by atoms with Gasteiger partial charge in [0.15, 0.2) is 0 Å². The lowest BCUT2D eigenvalue weighted by atomic mass is 10.4. The molecule has 7 heteroatoms.